The van der Waals surface area contributed by atoms with E-state index in [0.29, 0.717) is 13.2 Å². The normalized spacial score (nSPS) is 29.2. The maximum Gasteiger partial charge on any atom is 0.253 e. The molecule has 0 aliphatic carbocycles. The Morgan fingerprint density at radius 2 is 2.15 bits per heavy atom. The lowest BCUT2D eigenvalue weighted by Crippen LogP contribution is -2.48. The number of ether oxygens (including phenoxy) is 1. The molecule has 2 heterocycles. The van der Waals surface area contributed by atoms with Crippen molar-refractivity contribution >= 4 is 5.91 Å². The molecule has 0 aromatic heterocycles. The minimum atomic E-state index is -0.230. The first-order chi connectivity index (χ1) is 6.38. The number of likely N-dealkylation sites (tertiary alicyclic amines) is 1. The Hall–Kier alpha value is -0.610. The van der Waals surface area contributed by atoms with Crippen molar-refractivity contribution in [3.63, 3.8) is 0 Å². The molecular weight excluding hydrogens is 168 g/mol. The standard InChI is InChI=1S/C9H16N2O2/c12-9(11-4-1-2-5-11)8-7-10-3-6-13-8/h8,10H,1-7H2. The van der Waals surface area contributed by atoms with E-state index < -0.39 is 0 Å². The van der Waals surface area contributed by atoms with E-state index >= 15 is 0 Å². The molecule has 0 saturated carbocycles. The highest BCUT2D eigenvalue weighted by molar-refractivity contribution is 5.81. The number of amides is 1. The number of hydrogen-bond acceptors (Lipinski definition) is 3. The fourth-order valence-electron chi connectivity index (χ4n) is 1.87. The molecule has 1 atom stereocenters. The van der Waals surface area contributed by atoms with Gasteiger partial charge in [-0.2, -0.15) is 0 Å². The van der Waals surface area contributed by atoms with Gasteiger partial charge in [-0.25, -0.2) is 0 Å². The van der Waals surface area contributed by atoms with Crippen molar-refractivity contribution in [3.05, 3.63) is 0 Å². The van der Waals surface area contributed by atoms with Crippen LogP contribution in [0.5, 0.6) is 0 Å². The quantitative estimate of drug-likeness (QED) is 0.603. The van der Waals surface area contributed by atoms with Gasteiger partial charge in [0.25, 0.3) is 5.91 Å². The molecule has 0 aromatic carbocycles. The molecular formula is C9H16N2O2. The van der Waals surface area contributed by atoms with Gasteiger partial charge in [0, 0.05) is 26.2 Å². The largest absolute Gasteiger partial charge is 0.366 e. The van der Waals surface area contributed by atoms with Crippen LogP contribution in [0.1, 0.15) is 12.8 Å². The molecule has 1 amide bonds. The lowest BCUT2D eigenvalue weighted by molar-refractivity contribution is -0.144. The lowest BCUT2D eigenvalue weighted by atomic mass is 10.2. The van der Waals surface area contributed by atoms with Crippen LogP contribution in [-0.4, -0.2) is 49.7 Å². The summed E-state index contributed by atoms with van der Waals surface area (Å²) >= 11 is 0. The molecule has 1 N–H and O–H groups in total. The first-order valence-electron chi connectivity index (χ1n) is 4.99. The van der Waals surface area contributed by atoms with Gasteiger partial charge in [-0.1, -0.05) is 0 Å². The summed E-state index contributed by atoms with van der Waals surface area (Å²) in [7, 11) is 0. The second-order valence-electron chi connectivity index (χ2n) is 3.60. The zero-order valence-corrected chi connectivity index (χ0v) is 7.79. The average Bonchev–Trinajstić information content (AvgIpc) is 2.71. The first kappa shape index (κ1) is 8.97. The molecule has 2 saturated heterocycles. The van der Waals surface area contributed by atoms with Crippen molar-refractivity contribution in [1.29, 1.82) is 0 Å². The second kappa shape index (κ2) is 4.07. The third-order valence-electron chi connectivity index (χ3n) is 2.62. The average molecular weight is 184 g/mol. The molecule has 4 heteroatoms. The number of carbonyl (C=O) groups excluding carboxylic acids is 1. The number of nitrogens with zero attached hydrogens (tertiary/aromatic N) is 1. The molecule has 0 spiro atoms. The molecule has 74 valence electrons. The Morgan fingerprint density at radius 3 is 2.77 bits per heavy atom. The van der Waals surface area contributed by atoms with Crippen LogP contribution in [0.4, 0.5) is 0 Å². The predicted octanol–water partition coefficient (Wildman–Crippen LogP) is -0.403. The van der Waals surface area contributed by atoms with E-state index in [1.165, 1.54) is 0 Å². The van der Waals surface area contributed by atoms with E-state index in [-0.39, 0.29) is 12.0 Å². The van der Waals surface area contributed by atoms with Crippen LogP contribution in [0.25, 0.3) is 0 Å². The zero-order valence-electron chi connectivity index (χ0n) is 7.79. The number of rotatable bonds is 1. The maximum absolute atomic E-state index is 11.8. The summed E-state index contributed by atoms with van der Waals surface area (Å²) in [4.78, 5) is 13.7. The molecule has 2 aliphatic heterocycles. The van der Waals surface area contributed by atoms with Gasteiger partial charge in [-0.15, -0.1) is 0 Å². The highest BCUT2D eigenvalue weighted by Gasteiger charge is 2.28. The second-order valence-corrected chi connectivity index (χ2v) is 3.60. The minimum Gasteiger partial charge on any atom is -0.366 e. The van der Waals surface area contributed by atoms with Crippen molar-refractivity contribution in [2.75, 3.05) is 32.8 Å². The van der Waals surface area contributed by atoms with Gasteiger partial charge in [0.1, 0.15) is 6.10 Å². The minimum absolute atomic E-state index is 0.171. The van der Waals surface area contributed by atoms with Gasteiger partial charge >= 0.3 is 0 Å². The van der Waals surface area contributed by atoms with E-state index in [1.807, 2.05) is 4.90 Å². The Kier molecular flexibility index (Phi) is 2.80. The Labute approximate surface area is 78.2 Å². The molecule has 2 aliphatic rings. The van der Waals surface area contributed by atoms with Crippen LogP contribution in [0.2, 0.25) is 0 Å². The third-order valence-corrected chi connectivity index (χ3v) is 2.62. The highest BCUT2D eigenvalue weighted by atomic mass is 16.5. The zero-order chi connectivity index (χ0) is 9.10. The Morgan fingerprint density at radius 1 is 1.38 bits per heavy atom. The monoisotopic (exact) mass is 184 g/mol. The van der Waals surface area contributed by atoms with Crippen LogP contribution < -0.4 is 5.32 Å². The summed E-state index contributed by atoms with van der Waals surface area (Å²) in [6, 6.07) is 0. The molecule has 0 radical (unpaired) electrons. The van der Waals surface area contributed by atoms with Crippen molar-refractivity contribution < 1.29 is 9.53 Å². The first-order valence-corrected chi connectivity index (χ1v) is 4.99. The number of nitrogens with one attached hydrogen (secondary N) is 1. The van der Waals surface area contributed by atoms with Crippen molar-refractivity contribution in [1.82, 2.24) is 10.2 Å². The summed E-state index contributed by atoms with van der Waals surface area (Å²) in [5.41, 5.74) is 0. The molecule has 4 nitrogen and oxygen atoms in total. The molecule has 13 heavy (non-hydrogen) atoms. The van der Waals surface area contributed by atoms with E-state index in [1.54, 1.807) is 0 Å². The van der Waals surface area contributed by atoms with Crippen LogP contribution in [0.3, 0.4) is 0 Å². The van der Waals surface area contributed by atoms with Gasteiger partial charge in [0.2, 0.25) is 0 Å². The van der Waals surface area contributed by atoms with Gasteiger partial charge < -0.3 is 15.0 Å². The topological polar surface area (TPSA) is 41.6 Å². The SMILES string of the molecule is O=C(C1CNCCO1)N1CCCC1. The van der Waals surface area contributed by atoms with Gasteiger partial charge in [-0.3, -0.25) is 4.79 Å². The third kappa shape index (κ3) is 2.00. The van der Waals surface area contributed by atoms with E-state index in [2.05, 4.69) is 5.32 Å². The van der Waals surface area contributed by atoms with Gasteiger partial charge in [0.05, 0.1) is 6.61 Å². The number of morpholine rings is 1. The van der Waals surface area contributed by atoms with Crippen LogP contribution in [0, 0.1) is 0 Å². The summed E-state index contributed by atoms with van der Waals surface area (Å²) in [5.74, 6) is 0.171. The number of hydrogen-bond donors (Lipinski definition) is 1. The van der Waals surface area contributed by atoms with E-state index in [9.17, 15) is 4.79 Å². The molecule has 2 fully saturated rings. The predicted molar refractivity (Wildman–Crippen MR) is 48.4 cm³/mol. The van der Waals surface area contributed by atoms with Gasteiger partial charge in [-0.05, 0) is 12.8 Å². The fourth-order valence-corrected chi connectivity index (χ4v) is 1.87. The van der Waals surface area contributed by atoms with Crippen molar-refractivity contribution in [3.8, 4) is 0 Å². The Bertz CT molecular complexity index is 184. The molecule has 0 aromatic rings. The molecule has 1 unspecified atom stereocenters. The summed E-state index contributed by atoms with van der Waals surface area (Å²) in [5, 5.41) is 3.17. The highest BCUT2D eigenvalue weighted by Crippen LogP contribution is 2.11. The van der Waals surface area contributed by atoms with E-state index in [4.69, 9.17) is 4.74 Å². The number of carbonyl (C=O) groups is 1. The van der Waals surface area contributed by atoms with Crippen LogP contribution in [0.15, 0.2) is 0 Å². The summed E-state index contributed by atoms with van der Waals surface area (Å²) < 4.78 is 5.40. The lowest BCUT2D eigenvalue weighted by Gasteiger charge is -2.26. The molecule has 0 bridgehead atoms. The van der Waals surface area contributed by atoms with Crippen molar-refractivity contribution in [2.45, 2.75) is 18.9 Å². The molecule has 2 rings (SSSR count). The fraction of sp³-hybridized carbons (Fsp3) is 0.889. The summed E-state index contributed by atoms with van der Waals surface area (Å²) in [6.07, 6.45) is 2.06. The summed E-state index contributed by atoms with van der Waals surface area (Å²) in [6.45, 7) is 4.03. The van der Waals surface area contributed by atoms with Crippen LogP contribution >= 0.6 is 0 Å². The Balaban J connectivity index is 1.87. The smallest absolute Gasteiger partial charge is 0.253 e. The van der Waals surface area contributed by atoms with E-state index in [0.717, 1.165) is 32.5 Å². The van der Waals surface area contributed by atoms with Crippen LogP contribution in [-0.2, 0) is 9.53 Å². The maximum atomic E-state index is 11.8. The van der Waals surface area contributed by atoms with Crippen molar-refractivity contribution in [2.24, 2.45) is 0 Å². The van der Waals surface area contributed by atoms with Gasteiger partial charge in [0.15, 0.2) is 0 Å².